The van der Waals surface area contributed by atoms with Crippen molar-refractivity contribution >= 4 is 40.2 Å². The van der Waals surface area contributed by atoms with Crippen LogP contribution in [0.2, 0.25) is 0 Å². The molecule has 0 aliphatic carbocycles. The zero-order chi connectivity index (χ0) is 20.5. The number of H-pyrrole nitrogens is 1. The Morgan fingerprint density at radius 2 is 2.10 bits per heavy atom. The van der Waals surface area contributed by atoms with Crippen LogP contribution in [0, 0.1) is 17.2 Å². The second-order valence-corrected chi connectivity index (χ2v) is 8.68. The van der Waals surface area contributed by atoms with E-state index in [1.54, 1.807) is 18.2 Å². The van der Waals surface area contributed by atoms with Gasteiger partial charge in [-0.25, -0.2) is 9.88 Å². The number of fused-ring (bicyclic) bond motifs is 1. The highest BCUT2D eigenvalue weighted by Gasteiger charge is 2.40. The molecule has 3 aromatic rings. The van der Waals surface area contributed by atoms with E-state index in [2.05, 4.69) is 29.9 Å². The van der Waals surface area contributed by atoms with Crippen molar-refractivity contribution in [3.63, 3.8) is 0 Å². The number of imide groups is 1. The Hall–Kier alpha value is -3.11. The van der Waals surface area contributed by atoms with Crippen LogP contribution < -0.4 is 4.90 Å². The summed E-state index contributed by atoms with van der Waals surface area (Å²) in [7, 11) is 0. The molecule has 4 rings (SSSR count). The first-order valence-corrected chi connectivity index (χ1v) is 10.3. The van der Waals surface area contributed by atoms with Crippen molar-refractivity contribution < 1.29 is 9.59 Å². The Balaban J connectivity index is 1.60. The van der Waals surface area contributed by atoms with Gasteiger partial charge in [-0.3, -0.25) is 9.59 Å². The first kappa shape index (κ1) is 19.2. The fourth-order valence-electron chi connectivity index (χ4n) is 3.46. The van der Waals surface area contributed by atoms with Crippen molar-refractivity contribution in [3.8, 4) is 6.07 Å². The summed E-state index contributed by atoms with van der Waals surface area (Å²) in [6.45, 7) is 4.20. The normalized spacial score (nSPS) is 16.8. The molecule has 1 atom stereocenters. The smallest absolute Gasteiger partial charge is 0.247 e. The molecule has 6 nitrogen and oxygen atoms in total. The van der Waals surface area contributed by atoms with Crippen LogP contribution in [0.15, 0.2) is 47.6 Å². The fourth-order valence-corrected chi connectivity index (χ4v) is 4.57. The minimum absolute atomic E-state index is 0.0905. The molecule has 2 aromatic heterocycles. The lowest BCUT2D eigenvalue weighted by atomic mass is 10.1. The highest BCUT2D eigenvalue weighted by atomic mass is 32.2. The Bertz CT molecular complexity index is 1150. The van der Waals surface area contributed by atoms with E-state index in [-0.39, 0.29) is 18.2 Å². The number of hydrogen-bond donors (Lipinski definition) is 1. The van der Waals surface area contributed by atoms with E-state index >= 15 is 0 Å². The first-order chi connectivity index (χ1) is 14.0. The van der Waals surface area contributed by atoms with Crippen LogP contribution >= 0.6 is 11.8 Å². The standard InChI is InChI=1S/C22H20N4O2S/c1-13(2)9-16-5-3-15(12-23)21(25-16)29-19-11-20(27)26(22(19)28)17-6-4-14-7-8-24-18(14)10-17/h3-8,10,13,19,24H,9,11H2,1-2H3. The maximum atomic E-state index is 13.0. The van der Waals surface area contributed by atoms with Crippen molar-refractivity contribution in [2.75, 3.05) is 4.90 Å². The Morgan fingerprint density at radius 3 is 2.86 bits per heavy atom. The van der Waals surface area contributed by atoms with Crippen molar-refractivity contribution in [2.24, 2.45) is 5.92 Å². The molecule has 0 bridgehead atoms. The Morgan fingerprint density at radius 1 is 1.28 bits per heavy atom. The van der Waals surface area contributed by atoms with E-state index in [9.17, 15) is 14.9 Å². The summed E-state index contributed by atoms with van der Waals surface area (Å²) in [6, 6.07) is 13.1. The lowest BCUT2D eigenvalue weighted by Gasteiger charge is -2.15. The molecule has 2 amide bonds. The van der Waals surface area contributed by atoms with Gasteiger partial charge in [0.25, 0.3) is 0 Å². The first-order valence-electron chi connectivity index (χ1n) is 9.47. The van der Waals surface area contributed by atoms with Gasteiger partial charge in [0.2, 0.25) is 11.8 Å². The van der Waals surface area contributed by atoms with Crippen LogP contribution in [0.1, 0.15) is 31.5 Å². The third kappa shape index (κ3) is 3.76. The summed E-state index contributed by atoms with van der Waals surface area (Å²) in [4.78, 5) is 34.6. The zero-order valence-corrected chi connectivity index (χ0v) is 17.0. The molecule has 1 aliphatic rings. The van der Waals surface area contributed by atoms with Crippen LogP contribution in [0.3, 0.4) is 0 Å². The van der Waals surface area contributed by atoms with Crippen LogP contribution in [-0.4, -0.2) is 27.0 Å². The van der Waals surface area contributed by atoms with Gasteiger partial charge in [0.1, 0.15) is 11.1 Å². The molecule has 1 N–H and O–H groups in total. The number of pyridine rings is 1. The number of carbonyl (C=O) groups excluding carboxylic acids is 2. The largest absolute Gasteiger partial charge is 0.361 e. The summed E-state index contributed by atoms with van der Waals surface area (Å²) in [5.74, 6) is -0.0810. The van der Waals surface area contributed by atoms with Gasteiger partial charge in [-0.2, -0.15) is 5.26 Å². The maximum Gasteiger partial charge on any atom is 0.247 e. The molecule has 3 heterocycles. The molecule has 146 valence electrons. The predicted octanol–water partition coefficient (Wildman–Crippen LogP) is 4.06. The number of thioether (sulfide) groups is 1. The Kier molecular flexibility index (Phi) is 5.12. The molecule has 0 radical (unpaired) electrons. The lowest BCUT2D eigenvalue weighted by Crippen LogP contribution is -2.31. The van der Waals surface area contributed by atoms with Crippen LogP contribution in [0.4, 0.5) is 5.69 Å². The van der Waals surface area contributed by atoms with Crippen LogP contribution in [0.5, 0.6) is 0 Å². The van der Waals surface area contributed by atoms with Crippen molar-refractivity contribution in [1.82, 2.24) is 9.97 Å². The minimum Gasteiger partial charge on any atom is -0.361 e. The highest BCUT2D eigenvalue weighted by molar-refractivity contribution is 8.00. The summed E-state index contributed by atoms with van der Waals surface area (Å²) >= 11 is 1.21. The van der Waals surface area contributed by atoms with E-state index in [0.717, 1.165) is 23.0 Å². The molecular formula is C22H20N4O2S. The van der Waals surface area contributed by atoms with Crippen LogP contribution in [-0.2, 0) is 16.0 Å². The second-order valence-electron chi connectivity index (χ2n) is 7.49. The molecule has 0 saturated carbocycles. The number of amides is 2. The number of hydrogen-bond acceptors (Lipinski definition) is 5. The van der Waals surface area contributed by atoms with Crippen molar-refractivity contribution in [1.29, 1.82) is 5.26 Å². The third-order valence-electron chi connectivity index (χ3n) is 4.81. The summed E-state index contributed by atoms with van der Waals surface area (Å²) in [5.41, 5.74) is 2.73. The topological polar surface area (TPSA) is 89.9 Å². The third-order valence-corrected chi connectivity index (χ3v) is 6.00. The molecule has 1 saturated heterocycles. The average Bonchev–Trinajstić information content (AvgIpc) is 3.25. The summed E-state index contributed by atoms with van der Waals surface area (Å²) < 4.78 is 0. The number of anilines is 1. The van der Waals surface area contributed by atoms with Gasteiger partial charge >= 0.3 is 0 Å². The Labute approximate surface area is 172 Å². The lowest BCUT2D eigenvalue weighted by molar-refractivity contribution is -0.121. The van der Waals surface area contributed by atoms with Gasteiger partial charge in [0.15, 0.2) is 0 Å². The number of aromatic nitrogens is 2. The van der Waals surface area contributed by atoms with Gasteiger partial charge in [-0.1, -0.05) is 31.7 Å². The molecule has 7 heteroatoms. The number of nitrogens with zero attached hydrogens (tertiary/aromatic N) is 3. The van der Waals surface area contributed by atoms with E-state index in [1.165, 1.54) is 16.7 Å². The fraction of sp³-hybridized carbons (Fsp3) is 0.273. The number of nitriles is 1. The quantitative estimate of drug-likeness (QED) is 0.648. The van der Waals surface area contributed by atoms with E-state index in [4.69, 9.17) is 0 Å². The summed E-state index contributed by atoms with van der Waals surface area (Å²) in [5, 5.41) is 10.4. The minimum atomic E-state index is -0.587. The van der Waals surface area contributed by atoms with E-state index in [0.29, 0.717) is 22.2 Å². The number of rotatable bonds is 5. The van der Waals surface area contributed by atoms with Gasteiger partial charge < -0.3 is 4.98 Å². The van der Waals surface area contributed by atoms with Gasteiger partial charge in [-0.05, 0) is 48.1 Å². The van der Waals surface area contributed by atoms with Crippen molar-refractivity contribution in [3.05, 3.63) is 53.9 Å². The summed E-state index contributed by atoms with van der Waals surface area (Å²) in [6.07, 6.45) is 2.70. The number of aromatic amines is 1. The second kappa shape index (κ2) is 7.72. The van der Waals surface area contributed by atoms with E-state index < -0.39 is 5.25 Å². The monoisotopic (exact) mass is 404 g/mol. The highest BCUT2D eigenvalue weighted by Crippen LogP contribution is 2.35. The van der Waals surface area contributed by atoms with Gasteiger partial charge in [0, 0.05) is 23.8 Å². The molecular weight excluding hydrogens is 384 g/mol. The predicted molar refractivity (Wildman–Crippen MR) is 113 cm³/mol. The molecule has 1 aromatic carbocycles. The molecule has 29 heavy (non-hydrogen) atoms. The zero-order valence-electron chi connectivity index (χ0n) is 16.2. The molecule has 1 aliphatic heterocycles. The van der Waals surface area contributed by atoms with Gasteiger partial charge in [0.05, 0.1) is 16.5 Å². The van der Waals surface area contributed by atoms with Gasteiger partial charge in [-0.15, -0.1) is 0 Å². The van der Waals surface area contributed by atoms with Crippen LogP contribution in [0.25, 0.3) is 10.9 Å². The van der Waals surface area contributed by atoms with Crippen molar-refractivity contribution in [2.45, 2.75) is 37.0 Å². The number of carbonyl (C=O) groups is 2. The van der Waals surface area contributed by atoms with E-state index in [1.807, 2.05) is 24.4 Å². The SMILES string of the molecule is CC(C)Cc1ccc(C#N)c(SC2CC(=O)N(c3ccc4cc[nH]c4c3)C2=O)n1. The molecule has 1 unspecified atom stereocenters. The maximum absolute atomic E-state index is 13.0. The number of benzene rings is 1. The molecule has 0 spiro atoms. The number of nitrogens with one attached hydrogen (secondary N) is 1. The molecule has 1 fully saturated rings. The average molecular weight is 404 g/mol.